The van der Waals surface area contributed by atoms with Crippen molar-refractivity contribution in [2.24, 2.45) is 0 Å². The minimum absolute atomic E-state index is 0.220. The molecular formula is C21H27ClN2O4. The van der Waals surface area contributed by atoms with Gasteiger partial charge in [0.05, 0.1) is 23.4 Å². The normalized spacial score (nSPS) is 11.2. The van der Waals surface area contributed by atoms with E-state index in [1.807, 2.05) is 49.9 Å². The van der Waals surface area contributed by atoms with E-state index in [2.05, 4.69) is 0 Å². The monoisotopic (exact) mass is 406 g/mol. The Labute approximate surface area is 171 Å². The topological polar surface area (TPSA) is 60.8 Å². The largest absolute Gasteiger partial charge is 0.496 e. The number of esters is 1. The first-order chi connectivity index (χ1) is 13.1. The summed E-state index contributed by atoms with van der Waals surface area (Å²) in [5, 5.41) is 0.447. The van der Waals surface area contributed by atoms with Crippen LogP contribution in [-0.4, -0.2) is 47.6 Å². The van der Waals surface area contributed by atoms with E-state index < -0.39 is 5.60 Å². The molecule has 2 aromatic rings. The highest BCUT2D eigenvalue weighted by molar-refractivity contribution is 6.33. The van der Waals surface area contributed by atoms with Crippen molar-refractivity contribution in [1.29, 1.82) is 0 Å². The average molecular weight is 407 g/mol. The van der Waals surface area contributed by atoms with Crippen LogP contribution in [0.15, 0.2) is 36.7 Å². The van der Waals surface area contributed by atoms with E-state index in [-0.39, 0.29) is 18.3 Å². The summed E-state index contributed by atoms with van der Waals surface area (Å²) in [5.74, 6) is -0.0517. The molecule has 0 unspecified atom stereocenters. The van der Waals surface area contributed by atoms with Crippen molar-refractivity contribution >= 4 is 23.5 Å². The Morgan fingerprint density at radius 3 is 2.39 bits per heavy atom. The minimum atomic E-state index is -0.510. The molecule has 1 aromatic carbocycles. The summed E-state index contributed by atoms with van der Waals surface area (Å²) in [6.07, 6.45) is 4.49. The zero-order valence-corrected chi connectivity index (χ0v) is 17.7. The van der Waals surface area contributed by atoms with Crippen molar-refractivity contribution in [3.63, 3.8) is 0 Å². The zero-order valence-electron chi connectivity index (χ0n) is 17.0. The molecule has 0 spiro atoms. The van der Waals surface area contributed by atoms with Crippen molar-refractivity contribution in [1.82, 2.24) is 9.47 Å². The Bertz CT molecular complexity index is 826. The number of methoxy groups -OCH3 is 1. The van der Waals surface area contributed by atoms with E-state index >= 15 is 0 Å². The van der Waals surface area contributed by atoms with E-state index in [1.54, 1.807) is 24.1 Å². The van der Waals surface area contributed by atoms with Crippen LogP contribution in [-0.2, 0) is 9.53 Å². The van der Waals surface area contributed by atoms with Crippen molar-refractivity contribution < 1.29 is 19.1 Å². The summed E-state index contributed by atoms with van der Waals surface area (Å²) < 4.78 is 12.5. The SMILES string of the molecule is COc1cc(-n2cccc2)c(Cl)cc1C(=O)N(C)CCCC(=O)OC(C)(C)C. The molecule has 0 aliphatic rings. The number of hydrogen-bond donors (Lipinski definition) is 0. The van der Waals surface area contributed by atoms with Gasteiger partial charge in [-0.1, -0.05) is 11.6 Å². The predicted octanol–water partition coefficient (Wildman–Crippen LogP) is 4.33. The first-order valence-electron chi connectivity index (χ1n) is 9.10. The van der Waals surface area contributed by atoms with Gasteiger partial charge < -0.3 is 18.9 Å². The fourth-order valence-corrected chi connectivity index (χ4v) is 2.99. The summed E-state index contributed by atoms with van der Waals surface area (Å²) in [6.45, 7) is 5.90. The molecule has 1 amide bonds. The van der Waals surface area contributed by atoms with Crippen LogP contribution in [0.3, 0.4) is 0 Å². The smallest absolute Gasteiger partial charge is 0.306 e. The average Bonchev–Trinajstić information content (AvgIpc) is 3.13. The molecule has 6 nitrogen and oxygen atoms in total. The maximum atomic E-state index is 12.8. The van der Waals surface area contributed by atoms with Gasteiger partial charge in [-0.3, -0.25) is 9.59 Å². The van der Waals surface area contributed by atoms with Crippen LogP contribution in [0.1, 0.15) is 44.0 Å². The Morgan fingerprint density at radius 2 is 1.82 bits per heavy atom. The second-order valence-corrected chi connectivity index (χ2v) is 7.92. The molecule has 0 N–H and O–H groups in total. The van der Waals surface area contributed by atoms with Gasteiger partial charge >= 0.3 is 5.97 Å². The number of benzene rings is 1. The number of aromatic nitrogens is 1. The number of nitrogens with zero attached hydrogens (tertiary/aromatic N) is 2. The third kappa shape index (κ3) is 5.76. The van der Waals surface area contributed by atoms with Crippen molar-refractivity contribution in [2.45, 2.75) is 39.2 Å². The summed E-state index contributed by atoms with van der Waals surface area (Å²) in [6, 6.07) is 7.13. The lowest BCUT2D eigenvalue weighted by Gasteiger charge is -2.21. The Morgan fingerprint density at radius 1 is 1.18 bits per heavy atom. The van der Waals surface area contributed by atoms with Crippen LogP contribution in [0.5, 0.6) is 5.75 Å². The van der Waals surface area contributed by atoms with Gasteiger partial charge in [-0.15, -0.1) is 0 Å². The number of halogens is 1. The molecule has 0 saturated heterocycles. The van der Waals surface area contributed by atoms with Gasteiger partial charge in [0.2, 0.25) is 0 Å². The van der Waals surface area contributed by atoms with Gasteiger partial charge in [0.25, 0.3) is 5.91 Å². The molecular weight excluding hydrogens is 380 g/mol. The van der Waals surface area contributed by atoms with Crippen LogP contribution in [0.25, 0.3) is 5.69 Å². The van der Waals surface area contributed by atoms with E-state index in [9.17, 15) is 9.59 Å². The Hall–Kier alpha value is -2.47. The Balaban J connectivity index is 2.06. The van der Waals surface area contributed by atoms with Crippen LogP contribution < -0.4 is 4.74 Å². The summed E-state index contributed by atoms with van der Waals surface area (Å²) >= 11 is 6.40. The van der Waals surface area contributed by atoms with Crippen LogP contribution >= 0.6 is 11.6 Å². The van der Waals surface area contributed by atoms with Gasteiger partial charge in [0.1, 0.15) is 11.4 Å². The fourth-order valence-electron chi connectivity index (χ4n) is 2.73. The highest BCUT2D eigenvalue weighted by Crippen LogP contribution is 2.30. The fraction of sp³-hybridized carbons (Fsp3) is 0.429. The third-order valence-electron chi connectivity index (χ3n) is 4.02. The molecule has 2 rings (SSSR count). The van der Waals surface area contributed by atoms with Crippen LogP contribution in [0.4, 0.5) is 0 Å². The van der Waals surface area contributed by atoms with Gasteiger partial charge in [-0.05, 0) is 45.4 Å². The summed E-state index contributed by atoms with van der Waals surface area (Å²) in [5.41, 5.74) is 0.598. The van der Waals surface area contributed by atoms with Gasteiger partial charge in [-0.25, -0.2) is 0 Å². The van der Waals surface area contributed by atoms with E-state index in [0.29, 0.717) is 29.3 Å². The Kier molecular flexibility index (Phi) is 7.13. The third-order valence-corrected chi connectivity index (χ3v) is 4.33. The molecule has 0 saturated carbocycles. The first-order valence-corrected chi connectivity index (χ1v) is 9.48. The van der Waals surface area contributed by atoms with Gasteiger partial charge in [-0.2, -0.15) is 0 Å². The summed E-state index contributed by atoms with van der Waals surface area (Å²) in [4.78, 5) is 26.2. The molecule has 0 aliphatic heterocycles. The lowest BCUT2D eigenvalue weighted by molar-refractivity contribution is -0.154. The lowest BCUT2D eigenvalue weighted by Crippen LogP contribution is -2.29. The predicted molar refractivity (Wildman–Crippen MR) is 109 cm³/mol. The molecule has 1 heterocycles. The van der Waals surface area contributed by atoms with Crippen molar-refractivity contribution in [3.05, 3.63) is 47.2 Å². The second kappa shape index (κ2) is 9.15. The highest BCUT2D eigenvalue weighted by Gasteiger charge is 2.21. The first kappa shape index (κ1) is 21.8. The molecule has 28 heavy (non-hydrogen) atoms. The second-order valence-electron chi connectivity index (χ2n) is 7.51. The number of hydrogen-bond acceptors (Lipinski definition) is 4. The number of carbonyl (C=O) groups is 2. The van der Waals surface area contributed by atoms with Crippen LogP contribution in [0.2, 0.25) is 5.02 Å². The number of carbonyl (C=O) groups excluding carboxylic acids is 2. The maximum absolute atomic E-state index is 12.8. The molecule has 0 radical (unpaired) electrons. The minimum Gasteiger partial charge on any atom is -0.496 e. The van der Waals surface area contributed by atoms with Crippen molar-refractivity contribution in [3.8, 4) is 11.4 Å². The molecule has 7 heteroatoms. The quantitative estimate of drug-likeness (QED) is 0.642. The molecule has 0 aliphatic carbocycles. The van der Waals surface area contributed by atoms with Gasteiger partial charge in [0, 0.05) is 38.5 Å². The maximum Gasteiger partial charge on any atom is 0.306 e. The highest BCUT2D eigenvalue weighted by atomic mass is 35.5. The molecule has 0 atom stereocenters. The van der Waals surface area contributed by atoms with Crippen LogP contribution in [0, 0.1) is 0 Å². The molecule has 152 valence electrons. The van der Waals surface area contributed by atoms with E-state index in [0.717, 1.165) is 5.69 Å². The standard InChI is InChI=1S/C21H27ClN2O4/c1-21(2,3)28-19(25)9-8-10-23(4)20(26)15-13-16(22)17(14-18(15)27-5)24-11-6-7-12-24/h6-7,11-14H,8-10H2,1-5H3. The molecule has 0 fully saturated rings. The summed E-state index contributed by atoms with van der Waals surface area (Å²) in [7, 11) is 3.20. The molecule has 0 bridgehead atoms. The van der Waals surface area contributed by atoms with E-state index in [4.69, 9.17) is 21.1 Å². The van der Waals surface area contributed by atoms with E-state index in [1.165, 1.54) is 7.11 Å². The zero-order chi connectivity index (χ0) is 20.9. The number of ether oxygens (including phenoxy) is 2. The lowest BCUT2D eigenvalue weighted by atomic mass is 10.1. The molecule has 1 aromatic heterocycles. The number of rotatable bonds is 7. The van der Waals surface area contributed by atoms with Crippen molar-refractivity contribution in [2.75, 3.05) is 20.7 Å². The number of amides is 1. The van der Waals surface area contributed by atoms with Gasteiger partial charge in [0.15, 0.2) is 0 Å².